The SMILES string of the molecule is CCOC(=O)C(CC)NCCOCCOC. The molecule has 0 aromatic rings. The van der Waals surface area contributed by atoms with Gasteiger partial charge in [-0.2, -0.15) is 0 Å². The molecule has 5 nitrogen and oxygen atoms in total. The molecule has 0 amide bonds. The van der Waals surface area contributed by atoms with E-state index in [1.165, 1.54) is 0 Å². The molecule has 0 aliphatic heterocycles. The lowest BCUT2D eigenvalue weighted by Gasteiger charge is -2.15. The minimum Gasteiger partial charge on any atom is -0.465 e. The van der Waals surface area contributed by atoms with Crippen molar-refractivity contribution in [3.8, 4) is 0 Å². The van der Waals surface area contributed by atoms with E-state index >= 15 is 0 Å². The normalized spacial score (nSPS) is 12.4. The zero-order valence-electron chi connectivity index (χ0n) is 10.5. The maximum absolute atomic E-state index is 11.4. The van der Waals surface area contributed by atoms with Crippen LogP contribution in [0.2, 0.25) is 0 Å². The summed E-state index contributed by atoms with van der Waals surface area (Å²) in [4.78, 5) is 11.4. The fourth-order valence-corrected chi connectivity index (χ4v) is 1.19. The minimum atomic E-state index is -0.231. The quantitative estimate of drug-likeness (QED) is 0.442. The third-order valence-electron chi connectivity index (χ3n) is 2.05. The zero-order valence-corrected chi connectivity index (χ0v) is 10.5. The van der Waals surface area contributed by atoms with Gasteiger partial charge in [-0.15, -0.1) is 0 Å². The molecule has 0 aromatic carbocycles. The second-order valence-corrected chi connectivity index (χ2v) is 3.27. The van der Waals surface area contributed by atoms with Crippen LogP contribution in [0.5, 0.6) is 0 Å². The summed E-state index contributed by atoms with van der Waals surface area (Å²) in [6, 6.07) is -0.231. The summed E-state index contributed by atoms with van der Waals surface area (Å²) >= 11 is 0. The van der Waals surface area contributed by atoms with Crippen molar-refractivity contribution in [2.45, 2.75) is 26.3 Å². The Morgan fingerprint density at radius 1 is 1.25 bits per heavy atom. The lowest BCUT2D eigenvalue weighted by atomic mass is 10.2. The molecular weight excluding hydrogens is 210 g/mol. The largest absolute Gasteiger partial charge is 0.465 e. The van der Waals surface area contributed by atoms with Crippen LogP contribution in [0.3, 0.4) is 0 Å². The molecule has 0 aromatic heterocycles. The van der Waals surface area contributed by atoms with Gasteiger partial charge in [-0.3, -0.25) is 4.79 Å². The van der Waals surface area contributed by atoms with Gasteiger partial charge >= 0.3 is 5.97 Å². The lowest BCUT2D eigenvalue weighted by Crippen LogP contribution is -2.39. The number of hydrogen-bond donors (Lipinski definition) is 1. The Hall–Kier alpha value is -0.650. The fraction of sp³-hybridized carbons (Fsp3) is 0.909. The molecule has 0 fully saturated rings. The molecular formula is C11H23NO4. The average molecular weight is 233 g/mol. The fourth-order valence-electron chi connectivity index (χ4n) is 1.19. The van der Waals surface area contributed by atoms with Gasteiger partial charge < -0.3 is 19.5 Å². The van der Waals surface area contributed by atoms with Gasteiger partial charge in [-0.05, 0) is 13.3 Å². The van der Waals surface area contributed by atoms with Crippen LogP contribution in [0.4, 0.5) is 0 Å². The van der Waals surface area contributed by atoms with Crippen molar-refractivity contribution in [3.05, 3.63) is 0 Å². The van der Waals surface area contributed by atoms with Gasteiger partial charge in [0.25, 0.3) is 0 Å². The first-order chi connectivity index (χ1) is 7.76. The Balaban J connectivity index is 3.51. The molecule has 0 bridgehead atoms. The van der Waals surface area contributed by atoms with Crippen LogP contribution in [-0.2, 0) is 19.0 Å². The van der Waals surface area contributed by atoms with E-state index in [-0.39, 0.29) is 12.0 Å². The van der Waals surface area contributed by atoms with Crippen LogP contribution >= 0.6 is 0 Å². The van der Waals surface area contributed by atoms with Gasteiger partial charge in [0.2, 0.25) is 0 Å². The summed E-state index contributed by atoms with van der Waals surface area (Å²) in [5, 5.41) is 3.09. The monoisotopic (exact) mass is 233 g/mol. The van der Waals surface area contributed by atoms with E-state index in [0.29, 0.717) is 33.0 Å². The molecule has 1 N–H and O–H groups in total. The molecule has 1 unspecified atom stereocenters. The van der Waals surface area contributed by atoms with E-state index in [1.54, 1.807) is 14.0 Å². The molecule has 1 atom stereocenters. The number of nitrogens with one attached hydrogen (secondary N) is 1. The smallest absolute Gasteiger partial charge is 0.323 e. The van der Waals surface area contributed by atoms with E-state index in [9.17, 15) is 4.79 Å². The Labute approximate surface area is 97.4 Å². The number of esters is 1. The standard InChI is InChI=1S/C11H23NO4/c1-4-10(11(13)16-5-2)12-6-7-15-9-8-14-3/h10,12H,4-9H2,1-3H3. The zero-order chi connectivity index (χ0) is 12.2. The summed E-state index contributed by atoms with van der Waals surface area (Å²) in [5.74, 6) is -0.193. The molecule has 0 aliphatic rings. The molecule has 0 rings (SSSR count). The van der Waals surface area contributed by atoms with Crippen molar-refractivity contribution in [3.63, 3.8) is 0 Å². The van der Waals surface area contributed by atoms with Crippen molar-refractivity contribution in [1.29, 1.82) is 0 Å². The highest BCUT2D eigenvalue weighted by atomic mass is 16.5. The van der Waals surface area contributed by atoms with Crippen LogP contribution in [0.1, 0.15) is 20.3 Å². The number of methoxy groups -OCH3 is 1. The van der Waals surface area contributed by atoms with Gasteiger partial charge in [0.1, 0.15) is 6.04 Å². The second-order valence-electron chi connectivity index (χ2n) is 3.27. The van der Waals surface area contributed by atoms with E-state index in [2.05, 4.69) is 5.32 Å². The van der Waals surface area contributed by atoms with Gasteiger partial charge in [-0.1, -0.05) is 6.92 Å². The Morgan fingerprint density at radius 2 is 2.00 bits per heavy atom. The molecule has 0 saturated heterocycles. The van der Waals surface area contributed by atoms with Crippen LogP contribution in [0.15, 0.2) is 0 Å². The van der Waals surface area contributed by atoms with E-state index in [0.717, 1.165) is 6.42 Å². The van der Waals surface area contributed by atoms with Crippen molar-refractivity contribution >= 4 is 5.97 Å². The molecule has 0 aliphatic carbocycles. The van der Waals surface area contributed by atoms with Crippen LogP contribution in [-0.4, -0.2) is 52.1 Å². The van der Waals surface area contributed by atoms with Crippen molar-refractivity contribution in [1.82, 2.24) is 5.32 Å². The third-order valence-corrected chi connectivity index (χ3v) is 2.05. The van der Waals surface area contributed by atoms with Crippen LogP contribution in [0.25, 0.3) is 0 Å². The molecule has 16 heavy (non-hydrogen) atoms. The van der Waals surface area contributed by atoms with Crippen LogP contribution in [0, 0.1) is 0 Å². The van der Waals surface area contributed by atoms with Crippen molar-refractivity contribution < 1.29 is 19.0 Å². The predicted octanol–water partition coefficient (Wildman–Crippen LogP) is 0.581. The first-order valence-corrected chi connectivity index (χ1v) is 5.72. The van der Waals surface area contributed by atoms with Gasteiger partial charge in [0, 0.05) is 13.7 Å². The molecule has 0 radical (unpaired) electrons. The van der Waals surface area contributed by atoms with E-state index in [4.69, 9.17) is 14.2 Å². The molecule has 96 valence electrons. The third kappa shape index (κ3) is 7.62. The van der Waals surface area contributed by atoms with Gasteiger partial charge in [-0.25, -0.2) is 0 Å². The Kier molecular flexibility index (Phi) is 10.4. The summed E-state index contributed by atoms with van der Waals surface area (Å²) in [6.07, 6.45) is 0.719. The molecule has 0 heterocycles. The predicted molar refractivity (Wildman–Crippen MR) is 61.4 cm³/mol. The highest BCUT2D eigenvalue weighted by Crippen LogP contribution is 1.94. The molecule has 0 spiro atoms. The number of rotatable bonds is 10. The van der Waals surface area contributed by atoms with Gasteiger partial charge in [0.05, 0.1) is 26.4 Å². The summed E-state index contributed by atoms with van der Waals surface area (Å²) < 4.78 is 15.0. The van der Waals surface area contributed by atoms with Gasteiger partial charge in [0.15, 0.2) is 0 Å². The molecule has 5 heteroatoms. The first-order valence-electron chi connectivity index (χ1n) is 5.72. The summed E-state index contributed by atoms with van der Waals surface area (Å²) in [7, 11) is 1.63. The molecule has 0 saturated carbocycles. The maximum Gasteiger partial charge on any atom is 0.323 e. The van der Waals surface area contributed by atoms with Crippen molar-refractivity contribution in [2.24, 2.45) is 0 Å². The topological polar surface area (TPSA) is 56.8 Å². The summed E-state index contributed by atoms with van der Waals surface area (Å²) in [6.45, 7) is 6.55. The number of carbonyl (C=O) groups is 1. The van der Waals surface area contributed by atoms with Crippen molar-refractivity contribution in [2.75, 3.05) is 40.1 Å². The first kappa shape index (κ1) is 15.3. The average Bonchev–Trinajstić information content (AvgIpc) is 2.28. The van der Waals surface area contributed by atoms with Crippen LogP contribution < -0.4 is 5.32 Å². The lowest BCUT2D eigenvalue weighted by molar-refractivity contribution is -0.145. The second kappa shape index (κ2) is 10.9. The minimum absolute atomic E-state index is 0.193. The van der Waals surface area contributed by atoms with E-state index < -0.39 is 0 Å². The number of carbonyl (C=O) groups excluding carboxylic acids is 1. The number of hydrogen-bond acceptors (Lipinski definition) is 5. The highest BCUT2D eigenvalue weighted by molar-refractivity contribution is 5.75. The summed E-state index contributed by atoms with van der Waals surface area (Å²) in [5.41, 5.74) is 0. The highest BCUT2D eigenvalue weighted by Gasteiger charge is 2.15. The maximum atomic E-state index is 11.4. The van der Waals surface area contributed by atoms with E-state index in [1.807, 2.05) is 6.92 Å². The Morgan fingerprint density at radius 3 is 2.56 bits per heavy atom. The number of ether oxygens (including phenoxy) is 3. The Bertz CT molecular complexity index is 175.